The van der Waals surface area contributed by atoms with Crippen LogP contribution in [0.1, 0.15) is 17.5 Å². The smallest absolute Gasteiger partial charge is 0.0393 e. The van der Waals surface area contributed by atoms with Crippen LogP contribution in [0.3, 0.4) is 0 Å². The van der Waals surface area contributed by atoms with Crippen molar-refractivity contribution in [3.63, 3.8) is 0 Å². The first kappa shape index (κ1) is 7.17. The van der Waals surface area contributed by atoms with E-state index < -0.39 is 0 Å². The molecule has 0 aromatic heterocycles. The molecule has 60 valence electrons. The minimum atomic E-state index is 0.857. The third-order valence-electron chi connectivity index (χ3n) is 2.03. The predicted octanol–water partition coefficient (Wildman–Crippen LogP) is 2.70. The molecule has 0 amide bonds. The van der Waals surface area contributed by atoms with Crippen LogP contribution in [0.4, 0.5) is 5.69 Å². The van der Waals surface area contributed by atoms with Gasteiger partial charge in [-0.1, -0.05) is 36.4 Å². The number of rotatable bonds is 0. The molecular formula is C11H11N. The minimum Gasteiger partial charge on any atom is -0.398 e. The van der Waals surface area contributed by atoms with Crippen LogP contribution in [0, 0.1) is 0 Å². The Kier molecular flexibility index (Phi) is 1.71. The molecule has 0 fully saturated rings. The van der Waals surface area contributed by atoms with E-state index in [4.69, 9.17) is 5.73 Å². The molecule has 0 saturated carbocycles. The molecule has 1 nitrogen and oxygen atoms in total. The average molecular weight is 157 g/mol. The summed E-state index contributed by atoms with van der Waals surface area (Å²) in [6.45, 7) is 0. The number of benzene rings is 1. The van der Waals surface area contributed by atoms with Gasteiger partial charge in [0.1, 0.15) is 0 Å². The van der Waals surface area contributed by atoms with Crippen LogP contribution in [-0.4, -0.2) is 0 Å². The molecule has 0 unspecified atom stereocenters. The van der Waals surface area contributed by atoms with Crippen LogP contribution in [0.2, 0.25) is 0 Å². The molecule has 1 aliphatic rings. The van der Waals surface area contributed by atoms with Crippen molar-refractivity contribution in [2.75, 3.05) is 5.73 Å². The maximum Gasteiger partial charge on any atom is 0.0393 e. The van der Waals surface area contributed by atoms with E-state index in [-0.39, 0.29) is 0 Å². The SMILES string of the molecule is Nc1cccc2c1C=CCC=C2. The number of nitrogen functional groups attached to an aromatic ring is 1. The van der Waals surface area contributed by atoms with Crippen LogP contribution in [0.15, 0.2) is 30.4 Å². The van der Waals surface area contributed by atoms with E-state index >= 15 is 0 Å². The summed E-state index contributed by atoms with van der Waals surface area (Å²) in [6.07, 6.45) is 9.46. The standard InChI is InChI=1S/C11H11N/c12-11-8-4-6-9-5-2-1-3-7-10(9)11/h2-8H,1,12H2. The molecular weight excluding hydrogens is 146 g/mol. The van der Waals surface area contributed by atoms with Gasteiger partial charge in [-0.3, -0.25) is 0 Å². The van der Waals surface area contributed by atoms with Crippen molar-refractivity contribution in [2.24, 2.45) is 0 Å². The lowest BCUT2D eigenvalue weighted by Crippen LogP contribution is -1.90. The summed E-state index contributed by atoms with van der Waals surface area (Å²) in [4.78, 5) is 0. The van der Waals surface area contributed by atoms with Gasteiger partial charge in [0.25, 0.3) is 0 Å². The van der Waals surface area contributed by atoms with Gasteiger partial charge >= 0.3 is 0 Å². The van der Waals surface area contributed by atoms with Crippen molar-refractivity contribution in [1.82, 2.24) is 0 Å². The van der Waals surface area contributed by atoms with E-state index in [0.29, 0.717) is 0 Å². The molecule has 0 atom stereocenters. The predicted molar refractivity (Wildman–Crippen MR) is 53.5 cm³/mol. The monoisotopic (exact) mass is 157 g/mol. The third-order valence-corrected chi connectivity index (χ3v) is 2.03. The Morgan fingerprint density at radius 1 is 1.08 bits per heavy atom. The molecule has 0 heterocycles. The Morgan fingerprint density at radius 3 is 2.83 bits per heavy atom. The highest BCUT2D eigenvalue weighted by Crippen LogP contribution is 2.22. The molecule has 0 bridgehead atoms. The minimum absolute atomic E-state index is 0.857. The Bertz CT molecular complexity index is 348. The van der Waals surface area contributed by atoms with Crippen molar-refractivity contribution < 1.29 is 0 Å². The zero-order valence-electron chi connectivity index (χ0n) is 6.83. The van der Waals surface area contributed by atoms with Crippen LogP contribution >= 0.6 is 0 Å². The summed E-state index contributed by atoms with van der Waals surface area (Å²) in [5, 5.41) is 0. The van der Waals surface area contributed by atoms with Gasteiger partial charge in [0.2, 0.25) is 0 Å². The molecule has 1 aromatic carbocycles. The lowest BCUT2D eigenvalue weighted by Gasteiger charge is -2.02. The summed E-state index contributed by atoms with van der Waals surface area (Å²) in [7, 11) is 0. The second kappa shape index (κ2) is 2.86. The Labute approximate surface area is 72.2 Å². The van der Waals surface area contributed by atoms with Crippen LogP contribution in [0.25, 0.3) is 12.2 Å². The van der Waals surface area contributed by atoms with Gasteiger partial charge in [-0.05, 0) is 18.1 Å². The highest BCUT2D eigenvalue weighted by molar-refractivity contribution is 5.75. The second-order valence-electron chi connectivity index (χ2n) is 2.89. The first-order valence-electron chi connectivity index (χ1n) is 4.09. The van der Waals surface area contributed by atoms with Crippen LogP contribution in [0.5, 0.6) is 0 Å². The molecule has 1 aliphatic carbocycles. The molecule has 1 heteroatoms. The molecule has 12 heavy (non-hydrogen) atoms. The topological polar surface area (TPSA) is 26.0 Å². The fourth-order valence-corrected chi connectivity index (χ4v) is 1.40. The third kappa shape index (κ3) is 1.14. The highest BCUT2D eigenvalue weighted by atomic mass is 14.6. The van der Waals surface area contributed by atoms with E-state index in [0.717, 1.165) is 17.7 Å². The lowest BCUT2D eigenvalue weighted by molar-refractivity contribution is 1.44. The zero-order valence-corrected chi connectivity index (χ0v) is 6.83. The summed E-state index contributed by atoms with van der Waals surface area (Å²) < 4.78 is 0. The number of hydrogen-bond donors (Lipinski definition) is 1. The van der Waals surface area contributed by atoms with Crippen molar-refractivity contribution >= 4 is 17.8 Å². The summed E-state index contributed by atoms with van der Waals surface area (Å²) in [6, 6.07) is 6.00. The van der Waals surface area contributed by atoms with Crippen molar-refractivity contribution in [3.05, 3.63) is 41.5 Å². The van der Waals surface area contributed by atoms with E-state index in [1.54, 1.807) is 0 Å². The van der Waals surface area contributed by atoms with Crippen LogP contribution in [-0.2, 0) is 0 Å². The Hall–Kier alpha value is -1.50. The fourth-order valence-electron chi connectivity index (χ4n) is 1.40. The van der Waals surface area contributed by atoms with Gasteiger partial charge in [-0.2, -0.15) is 0 Å². The summed E-state index contributed by atoms with van der Waals surface area (Å²) >= 11 is 0. The van der Waals surface area contributed by atoms with E-state index in [1.165, 1.54) is 5.56 Å². The quantitative estimate of drug-likeness (QED) is 0.576. The van der Waals surface area contributed by atoms with E-state index in [9.17, 15) is 0 Å². The molecule has 0 saturated heterocycles. The lowest BCUT2D eigenvalue weighted by atomic mass is 10.1. The number of fused-ring (bicyclic) bond motifs is 1. The van der Waals surface area contributed by atoms with Crippen molar-refractivity contribution in [2.45, 2.75) is 6.42 Å². The summed E-state index contributed by atoms with van der Waals surface area (Å²) in [5.41, 5.74) is 9.04. The maximum atomic E-state index is 5.83. The van der Waals surface area contributed by atoms with E-state index in [2.05, 4.69) is 30.4 Å². The summed E-state index contributed by atoms with van der Waals surface area (Å²) in [5.74, 6) is 0. The van der Waals surface area contributed by atoms with Gasteiger partial charge in [0.15, 0.2) is 0 Å². The molecule has 0 radical (unpaired) electrons. The molecule has 1 aromatic rings. The number of anilines is 1. The second-order valence-corrected chi connectivity index (χ2v) is 2.89. The van der Waals surface area contributed by atoms with Gasteiger partial charge in [-0.25, -0.2) is 0 Å². The van der Waals surface area contributed by atoms with Gasteiger partial charge in [0.05, 0.1) is 0 Å². The zero-order chi connectivity index (χ0) is 8.39. The normalized spacial score (nSPS) is 14.0. The van der Waals surface area contributed by atoms with Gasteiger partial charge in [-0.15, -0.1) is 0 Å². The van der Waals surface area contributed by atoms with Crippen molar-refractivity contribution in [3.8, 4) is 0 Å². The van der Waals surface area contributed by atoms with Crippen molar-refractivity contribution in [1.29, 1.82) is 0 Å². The van der Waals surface area contributed by atoms with Crippen LogP contribution < -0.4 is 5.73 Å². The van der Waals surface area contributed by atoms with Gasteiger partial charge < -0.3 is 5.73 Å². The first-order chi connectivity index (χ1) is 5.88. The Morgan fingerprint density at radius 2 is 1.92 bits per heavy atom. The number of nitrogens with two attached hydrogens (primary N) is 1. The van der Waals surface area contributed by atoms with Gasteiger partial charge in [0, 0.05) is 11.3 Å². The highest BCUT2D eigenvalue weighted by Gasteiger charge is 2.00. The number of allylic oxidation sites excluding steroid dienone is 2. The maximum absolute atomic E-state index is 5.83. The molecule has 0 aliphatic heterocycles. The fraction of sp³-hybridized carbons (Fsp3) is 0.0909. The average Bonchev–Trinajstić information content (AvgIpc) is 2.30. The molecule has 2 N–H and O–H groups in total. The van der Waals surface area contributed by atoms with E-state index in [1.807, 2.05) is 12.1 Å². The molecule has 2 rings (SSSR count). The Balaban J connectivity index is 2.65. The number of hydrogen-bond acceptors (Lipinski definition) is 1. The first-order valence-corrected chi connectivity index (χ1v) is 4.09. The molecule has 0 spiro atoms. The largest absolute Gasteiger partial charge is 0.398 e.